The molecule has 0 saturated heterocycles. The number of aromatic amines is 1. The first-order valence-corrected chi connectivity index (χ1v) is 5.76. The molecule has 0 amide bonds. The van der Waals surface area contributed by atoms with Gasteiger partial charge in [0.2, 0.25) is 0 Å². The lowest BCUT2D eigenvalue weighted by Gasteiger charge is -2.10. The fourth-order valence-corrected chi connectivity index (χ4v) is 1.84. The molecule has 0 atom stereocenters. The van der Waals surface area contributed by atoms with E-state index in [4.69, 9.17) is 11.0 Å². The molecule has 0 aliphatic carbocycles. The van der Waals surface area contributed by atoms with Crippen molar-refractivity contribution in [2.24, 2.45) is 0 Å². The van der Waals surface area contributed by atoms with Gasteiger partial charge in [-0.1, -0.05) is 0 Å². The molecule has 0 aliphatic rings. The topological polar surface area (TPSA) is 118 Å². The monoisotopic (exact) mass is 259 g/mol. The van der Waals surface area contributed by atoms with Gasteiger partial charge in [0.1, 0.15) is 11.5 Å². The molecule has 7 nitrogen and oxygen atoms in total. The second-order valence-electron chi connectivity index (χ2n) is 4.47. The molecule has 0 spiro atoms. The van der Waals surface area contributed by atoms with Gasteiger partial charge in [0.15, 0.2) is 5.43 Å². The number of anilines is 1. The SMILES string of the molecule is CC(C)n1cc2c(=O)c(CC#N)c(N)[nH]c2nc1=O. The third kappa shape index (κ3) is 2.08. The van der Waals surface area contributed by atoms with Crippen molar-refractivity contribution in [3.63, 3.8) is 0 Å². The first-order chi connectivity index (χ1) is 8.95. The molecule has 7 heteroatoms. The number of nitrogens with two attached hydrogens (primary N) is 1. The molecular weight excluding hydrogens is 246 g/mol. The van der Waals surface area contributed by atoms with Gasteiger partial charge < -0.3 is 10.7 Å². The van der Waals surface area contributed by atoms with Gasteiger partial charge in [-0.15, -0.1) is 0 Å². The Kier molecular flexibility index (Phi) is 3.09. The maximum absolute atomic E-state index is 12.2. The highest BCUT2D eigenvalue weighted by Crippen LogP contribution is 2.11. The number of pyridine rings is 1. The number of nitriles is 1. The quantitative estimate of drug-likeness (QED) is 0.804. The average molecular weight is 259 g/mol. The molecule has 98 valence electrons. The predicted octanol–water partition coefficient (Wildman–Crippen LogP) is 0.314. The third-order valence-corrected chi connectivity index (χ3v) is 2.86. The summed E-state index contributed by atoms with van der Waals surface area (Å²) < 4.78 is 1.36. The van der Waals surface area contributed by atoms with E-state index in [1.165, 1.54) is 10.8 Å². The predicted molar refractivity (Wildman–Crippen MR) is 70.7 cm³/mol. The lowest BCUT2D eigenvalue weighted by atomic mass is 10.1. The highest BCUT2D eigenvalue weighted by Gasteiger charge is 2.13. The fraction of sp³-hybridized carbons (Fsp3) is 0.333. The largest absolute Gasteiger partial charge is 0.385 e. The van der Waals surface area contributed by atoms with Crippen LogP contribution in [0.25, 0.3) is 11.0 Å². The molecule has 2 aromatic rings. The van der Waals surface area contributed by atoms with Crippen molar-refractivity contribution in [2.45, 2.75) is 26.3 Å². The Morgan fingerprint density at radius 2 is 2.21 bits per heavy atom. The highest BCUT2D eigenvalue weighted by atomic mass is 16.1. The minimum absolute atomic E-state index is 0.0771. The standard InChI is InChI=1S/C12H13N5O2/c1-6(2)17-5-8-9(18)7(3-4-13)10(14)15-11(8)16-12(17)19/h5-6H,3,14H2,1-2H3,(H,15,16,19). The molecule has 2 rings (SSSR count). The van der Waals surface area contributed by atoms with Crippen LogP contribution in [-0.4, -0.2) is 14.5 Å². The summed E-state index contributed by atoms with van der Waals surface area (Å²) in [7, 11) is 0. The summed E-state index contributed by atoms with van der Waals surface area (Å²) in [5.41, 5.74) is 5.19. The molecule has 0 aromatic carbocycles. The van der Waals surface area contributed by atoms with Crippen molar-refractivity contribution in [1.82, 2.24) is 14.5 Å². The maximum Gasteiger partial charge on any atom is 0.349 e. The summed E-state index contributed by atoms with van der Waals surface area (Å²) in [4.78, 5) is 30.5. The first kappa shape index (κ1) is 12.8. The van der Waals surface area contributed by atoms with E-state index in [1.54, 1.807) is 0 Å². The summed E-state index contributed by atoms with van der Waals surface area (Å²) in [6, 6.07) is 1.78. The van der Waals surface area contributed by atoms with Gasteiger partial charge in [-0.25, -0.2) is 4.79 Å². The van der Waals surface area contributed by atoms with E-state index in [-0.39, 0.29) is 40.3 Å². The molecule has 0 aliphatic heterocycles. The van der Waals surface area contributed by atoms with E-state index in [2.05, 4.69) is 9.97 Å². The van der Waals surface area contributed by atoms with Crippen molar-refractivity contribution < 1.29 is 0 Å². The lowest BCUT2D eigenvalue weighted by molar-refractivity contribution is 0.568. The molecule has 0 saturated carbocycles. The van der Waals surface area contributed by atoms with Crippen LogP contribution in [-0.2, 0) is 6.42 Å². The number of aromatic nitrogens is 3. The lowest BCUT2D eigenvalue weighted by Crippen LogP contribution is -2.27. The third-order valence-electron chi connectivity index (χ3n) is 2.86. The minimum Gasteiger partial charge on any atom is -0.385 e. The van der Waals surface area contributed by atoms with Crippen molar-refractivity contribution in [1.29, 1.82) is 5.26 Å². The zero-order valence-corrected chi connectivity index (χ0v) is 10.6. The van der Waals surface area contributed by atoms with E-state index in [9.17, 15) is 9.59 Å². The van der Waals surface area contributed by atoms with E-state index in [0.29, 0.717) is 0 Å². The molecule has 0 unspecified atom stereocenters. The van der Waals surface area contributed by atoms with Gasteiger partial charge in [-0.3, -0.25) is 9.36 Å². The first-order valence-electron chi connectivity index (χ1n) is 5.76. The Labute approximate surface area is 108 Å². The van der Waals surface area contributed by atoms with Crippen molar-refractivity contribution >= 4 is 16.9 Å². The zero-order chi connectivity index (χ0) is 14.2. The maximum atomic E-state index is 12.2. The summed E-state index contributed by atoms with van der Waals surface area (Å²) in [6.07, 6.45) is 1.37. The number of nitrogens with one attached hydrogen (secondary N) is 1. The van der Waals surface area contributed by atoms with Gasteiger partial charge in [-0.2, -0.15) is 10.2 Å². The van der Waals surface area contributed by atoms with Gasteiger partial charge in [0.05, 0.1) is 23.4 Å². The van der Waals surface area contributed by atoms with E-state index in [1.807, 2.05) is 19.9 Å². The van der Waals surface area contributed by atoms with Crippen molar-refractivity contribution in [2.75, 3.05) is 5.73 Å². The van der Waals surface area contributed by atoms with Crippen LogP contribution in [0.2, 0.25) is 0 Å². The Bertz CT molecular complexity index is 795. The van der Waals surface area contributed by atoms with Gasteiger partial charge >= 0.3 is 5.69 Å². The molecule has 0 radical (unpaired) electrons. The zero-order valence-electron chi connectivity index (χ0n) is 10.6. The second kappa shape index (κ2) is 4.57. The summed E-state index contributed by atoms with van der Waals surface area (Å²) in [5, 5.41) is 8.96. The smallest absolute Gasteiger partial charge is 0.349 e. The van der Waals surface area contributed by atoms with Gasteiger partial charge in [-0.05, 0) is 13.8 Å². The van der Waals surface area contributed by atoms with Gasteiger partial charge in [0, 0.05) is 12.2 Å². The summed E-state index contributed by atoms with van der Waals surface area (Å²) in [5.74, 6) is 0.0771. The summed E-state index contributed by atoms with van der Waals surface area (Å²) in [6.45, 7) is 3.63. The van der Waals surface area contributed by atoms with Crippen LogP contribution in [0.3, 0.4) is 0 Å². The average Bonchev–Trinajstić information content (AvgIpc) is 2.33. The molecule has 2 aromatic heterocycles. The van der Waals surface area contributed by atoms with Crippen molar-refractivity contribution in [3.8, 4) is 6.07 Å². The molecular formula is C12H13N5O2. The van der Waals surface area contributed by atoms with Crippen LogP contribution < -0.4 is 16.9 Å². The number of H-pyrrole nitrogens is 1. The van der Waals surface area contributed by atoms with E-state index < -0.39 is 5.69 Å². The molecule has 0 fully saturated rings. The van der Waals surface area contributed by atoms with Gasteiger partial charge in [0.25, 0.3) is 0 Å². The molecule has 0 bridgehead atoms. The van der Waals surface area contributed by atoms with Crippen molar-refractivity contribution in [3.05, 3.63) is 32.5 Å². The molecule has 3 N–H and O–H groups in total. The van der Waals surface area contributed by atoms with E-state index >= 15 is 0 Å². The number of fused-ring (bicyclic) bond motifs is 1. The number of hydrogen-bond acceptors (Lipinski definition) is 5. The highest BCUT2D eigenvalue weighted by molar-refractivity contribution is 5.76. The Morgan fingerprint density at radius 3 is 2.79 bits per heavy atom. The van der Waals surface area contributed by atoms with Crippen LogP contribution in [0.5, 0.6) is 0 Å². The second-order valence-corrected chi connectivity index (χ2v) is 4.47. The van der Waals surface area contributed by atoms with E-state index in [0.717, 1.165) is 0 Å². The minimum atomic E-state index is -0.453. The normalized spacial score (nSPS) is 10.8. The van der Waals surface area contributed by atoms with Crippen LogP contribution in [0.4, 0.5) is 5.82 Å². The number of nitrogens with zero attached hydrogens (tertiary/aromatic N) is 3. The van der Waals surface area contributed by atoms with Crippen LogP contribution in [0.15, 0.2) is 15.8 Å². The molecule has 2 heterocycles. The Morgan fingerprint density at radius 1 is 1.53 bits per heavy atom. The Hall–Kier alpha value is -2.62. The number of nitrogen functional groups attached to an aromatic ring is 1. The molecule has 19 heavy (non-hydrogen) atoms. The summed E-state index contributed by atoms with van der Waals surface area (Å²) >= 11 is 0. The Balaban J connectivity index is 2.89. The van der Waals surface area contributed by atoms with Crippen LogP contribution in [0.1, 0.15) is 25.5 Å². The van der Waals surface area contributed by atoms with Crippen LogP contribution >= 0.6 is 0 Å². The fourth-order valence-electron chi connectivity index (χ4n) is 1.84. The van der Waals surface area contributed by atoms with Crippen LogP contribution in [0, 0.1) is 11.3 Å². The number of rotatable bonds is 2. The number of hydrogen-bond donors (Lipinski definition) is 2.